The van der Waals surface area contributed by atoms with Crippen molar-refractivity contribution in [3.8, 4) is 0 Å². The molecule has 0 spiro atoms. The summed E-state index contributed by atoms with van der Waals surface area (Å²) in [5.74, 6) is -0.383. The molecule has 0 fully saturated rings. The molecule has 0 amide bonds. The molecule has 0 radical (unpaired) electrons. The van der Waals surface area contributed by atoms with Gasteiger partial charge in [-0.2, -0.15) is 0 Å². The number of carbonyl (C=O) groups is 1. The molecule has 7 heteroatoms. The smallest absolute Gasteiger partial charge is 0.294 e. The topological polar surface area (TPSA) is 69.7 Å². The van der Waals surface area contributed by atoms with E-state index in [0.29, 0.717) is 0 Å². The van der Waals surface area contributed by atoms with E-state index in [2.05, 4.69) is 9.05 Å². The molecule has 10 heavy (non-hydrogen) atoms. The van der Waals surface area contributed by atoms with Crippen LogP contribution in [-0.4, -0.2) is 19.0 Å². The van der Waals surface area contributed by atoms with Crippen LogP contribution in [0.25, 0.3) is 0 Å². The van der Waals surface area contributed by atoms with Crippen molar-refractivity contribution in [2.24, 2.45) is 0 Å². The Kier molecular flexibility index (Phi) is 6.76. The fourth-order valence-electron chi connectivity index (χ4n) is 0.262. The van der Waals surface area contributed by atoms with E-state index in [1.165, 1.54) is 0 Å². The molecule has 0 aliphatic rings. The molecule has 0 aromatic heterocycles. The Labute approximate surface area is 60.3 Å². The first-order chi connectivity index (χ1) is 4.81. The molecule has 0 saturated carbocycles. The highest BCUT2D eigenvalue weighted by Gasteiger charge is 2.07. The number of hydrogen-bond donors (Lipinski definition) is 0. The zero-order valence-electron chi connectivity index (χ0n) is 4.96. The summed E-state index contributed by atoms with van der Waals surface area (Å²) >= 11 is 0. The van der Waals surface area contributed by atoms with Crippen molar-refractivity contribution >= 4 is 23.2 Å². The van der Waals surface area contributed by atoms with Crippen LogP contribution in [0.2, 0.25) is 0 Å². The summed E-state index contributed by atoms with van der Waals surface area (Å²) < 4.78 is 27.8. The molecule has 56 valence electrons. The first-order valence-electron chi connectivity index (χ1n) is 2.31. The standard InChI is InChI=1S/C3H6O5P2/c4-3(1-7-9-5)2-8-10-6/h9-10H,1-2H2/q+2. The van der Waals surface area contributed by atoms with Crippen molar-refractivity contribution < 1.29 is 23.0 Å². The maximum atomic E-state index is 10.4. The van der Waals surface area contributed by atoms with Gasteiger partial charge in [-0.15, -0.1) is 9.05 Å². The molecule has 0 aromatic carbocycles. The summed E-state index contributed by atoms with van der Waals surface area (Å²) in [6, 6.07) is 0. The number of rotatable bonds is 6. The molecule has 0 aliphatic carbocycles. The van der Waals surface area contributed by atoms with Crippen LogP contribution >= 0.6 is 17.4 Å². The van der Waals surface area contributed by atoms with Crippen molar-refractivity contribution in [2.45, 2.75) is 0 Å². The van der Waals surface area contributed by atoms with E-state index < -0.39 is 17.4 Å². The fraction of sp³-hybridized carbons (Fsp3) is 0.667. The third-order valence-corrected chi connectivity index (χ3v) is 1.11. The molecule has 0 aromatic rings. The van der Waals surface area contributed by atoms with Gasteiger partial charge in [-0.3, -0.25) is 4.79 Å². The molecule has 2 unspecified atom stereocenters. The van der Waals surface area contributed by atoms with Gasteiger partial charge in [0.15, 0.2) is 19.0 Å². The van der Waals surface area contributed by atoms with E-state index in [1.54, 1.807) is 0 Å². The highest BCUT2D eigenvalue weighted by molar-refractivity contribution is 7.17. The van der Waals surface area contributed by atoms with E-state index >= 15 is 0 Å². The molecule has 0 heterocycles. The lowest BCUT2D eigenvalue weighted by Gasteiger charge is -1.84. The Hall–Kier alpha value is -0.210. The van der Waals surface area contributed by atoms with Crippen molar-refractivity contribution in [1.29, 1.82) is 0 Å². The highest BCUT2D eigenvalue weighted by atomic mass is 31.1. The number of hydrogen-bond acceptors (Lipinski definition) is 5. The van der Waals surface area contributed by atoms with Crippen LogP contribution in [0.1, 0.15) is 0 Å². The van der Waals surface area contributed by atoms with E-state index in [-0.39, 0.29) is 19.0 Å². The van der Waals surface area contributed by atoms with Gasteiger partial charge in [-0.05, 0) is 9.13 Å². The van der Waals surface area contributed by atoms with Crippen LogP contribution in [-0.2, 0) is 23.0 Å². The van der Waals surface area contributed by atoms with Crippen LogP contribution < -0.4 is 0 Å². The minimum atomic E-state index is -0.947. The Morgan fingerprint density at radius 2 is 1.50 bits per heavy atom. The van der Waals surface area contributed by atoms with Gasteiger partial charge in [-0.25, -0.2) is 0 Å². The zero-order chi connectivity index (χ0) is 7.82. The molecule has 0 aliphatic heterocycles. The molecular weight excluding hydrogens is 178 g/mol. The van der Waals surface area contributed by atoms with Gasteiger partial charge in [0.25, 0.3) is 0 Å². The van der Waals surface area contributed by atoms with Crippen molar-refractivity contribution in [3.05, 3.63) is 0 Å². The van der Waals surface area contributed by atoms with Crippen LogP contribution in [0.15, 0.2) is 0 Å². The predicted octanol–water partition coefficient (Wildman–Crippen LogP) is 0.467. The second-order valence-corrected chi connectivity index (χ2v) is 2.19. The van der Waals surface area contributed by atoms with Gasteiger partial charge in [0.1, 0.15) is 0 Å². The second kappa shape index (κ2) is 6.90. The van der Waals surface area contributed by atoms with Crippen LogP contribution in [0.5, 0.6) is 0 Å². The second-order valence-electron chi connectivity index (χ2n) is 1.28. The van der Waals surface area contributed by atoms with Gasteiger partial charge in [0, 0.05) is 0 Å². The largest absolute Gasteiger partial charge is 0.494 e. The molecule has 0 N–H and O–H groups in total. The third kappa shape index (κ3) is 5.92. The Balaban J connectivity index is 3.24. The lowest BCUT2D eigenvalue weighted by molar-refractivity contribution is -0.122. The van der Waals surface area contributed by atoms with Crippen LogP contribution in [0, 0.1) is 0 Å². The maximum Gasteiger partial charge on any atom is 0.494 e. The molecule has 0 saturated heterocycles. The molecule has 2 atom stereocenters. The van der Waals surface area contributed by atoms with Gasteiger partial charge >= 0.3 is 17.4 Å². The Morgan fingerprint density at radius 3 is 1.80 bits per heavy atom. The predicted molar refractivity (Wildman–Crippen MR) is 34.9 cm³/mol. The van der Waals surface area contributed by atoms with E-state index in [1.807, 2.05) is 0 Å². The summed E-state index contributed by atoms with van der Waals surface area (Å²) in [4.78, 5) is 10.4. The fourth-order valence-corrected chi connectivity index (χ4v) is 0.701. The number of carbonyl (C=O) groups excluding carboxylic acids is 1. The zero-order valence-corrected chi connectivity index (χ0v) is 6.96. The van der Waals surface area contributed by atoms with Gasteiger partial charge in [0.05, 0.1) is 0 Å². The molecule has 0 bridgehead atoms. The summed E-state index contributed by atoms with van der Waals surface area (Å²) in [5, 5.41) is 0. The normalized spacial score (nSPS) is 10.4. The van der Waals surface area contributed by atoms with Crippen molar-refractivity contribution in [3.63, 3.8) is 0 Å². The summed E-state index contributed by atoms with van der Waals surface area (Å²) in [5.41, 5.74) is 0. The molecule has 5 nitrogen and oxygen atoms in total. The maximum absolute atomic E-state index is 10.4. The summed E-state index contributed by atoms with van der Waals surface area (Å²) in [7, 11) is -1.89. The Morgan fingerprint density at radius 1 is 1.10 bits per heavy atom. The first-order valence-corrected chi connectivity index (χ1v) is 3.94. The minimum absolute atomic E-state index is 0.258. The summed E-state index contributed by atoms with van der Waals surface area (Å²) in [6.07, 6.45) is 0. The lowest BCUT2D eigenvalue weighted by Crippen LogP contribution is -2.09. The van der Waals surface area contributed by atoms with Crippen LogP contribution in [0.3, 0.4) is 0 Å². The average molecular weight is 184 g/mol. The quantitative estimate of drug-likeness (QED) is 0.561. The minimum Gasteiger partial charge on any atom is -0.294 e. The summed E-state index contributed by atoms with van der Waals surface area (Å²) in [6.45, 7) is -0.515. The Bertz CT molecular complexity index is 121. The van der Waals surface area contributed by atoms with Gasteiger partial charge in [-0.1, -0.05) is 0 Å². The van der Waals surface area contributed by atoms with E-state index in [9.17, 15) is 13.9 Å². The monoisotopic (exact) mass is 184 g/mol. The number of ketones is 1. The lowest BCUT2D eigenvalue weighted by atomic mass is 10.5. The SMILES string of the molecule is O=[PH+]OCC(=O)CO[PH+]=O. The third-order valence-electron chi connectivity index (χ3n) is 0.584. The van der Waals surface area contributed by atoms with E-state index in [4.69, 9.17) is 0 Å². The number of Topliss-reactive ketones (excluding diaryl/α,β-unsaturated/α-hetero) is 1. The van der Waals surface area contributed by atoms with Crippen molar-refractivity contribution in [1.82, 2.24) is 0 Å². The van der Waals surface area contributed by atoms with Gasteiger partial charge in [0.2, 0.25) is 0 Å². The average Bonchev–Trinajstić information content (AvgIpc) is 1.97. The van der Waals surface area contributed by atoms with Crippen molar-refractivity contribution in [2.75, 3.05) is 13.2 Å². The molecular formula is C3H6O5P2+2. The van der Waals surface area contributed by atoms with Gasteiger partial charge < -0.3 is 0 Å². The first kappa shape index (κ1) is 9.79. The van der Waals surface area contributed by atoms with Crippen LogP contribution in [0.4, 0.5) is 0 Å². The highest BCUT2D eigenvalue weighted by Crippen LogP contribution is 1.96. The van der Waals surface area contributed by atoms with E-state index in [0.717, 1.165) is 0 Å². The molecule has 0 rings (SSSR count).